The quantitative estimate of drug-likeness (QED) is 0.742. The molecule has 0 saturated heterocycles. The average Bonchev–Trinajstić information content (AvgIpc) is 2.51. The summed E-state index contributed by atoms with van der Waals surface area (Å²) in [6, 6.07) is 3.59. The number of halogens is 1. The van der Waals surface area contributed by atoms with E-state index >= 15 is 0 Å². The van der Waals surface area contributed by atoms with E-state index in [0.717, 1.165) is 5.69 Å². The molecule has 2 heterocycles. The highest BCUT2D eigenvalue weighted by Crippen LogP contribution is 2.12. The standard InChI is InChI=1S/C8H8ClN5/c1-5-4-7(14-13-5)11-6-2-3-10-8(9)12-6/h2-4H,1H3,(H2,10,11,12,13,14). The van der Waals surface area contributed by atoms with Gasteiger partial charge in [0.2, 0.25) is 5.28 Å². The highest BCUT2D eigenvalue weighted by Gasteiger charge is 1.99. The Morgan fingerprint density at radius 1 is 1.43 bits per heavy atom. The number of anilines is 2. The lowest BCUT2D eigenvalue weighted by atomic mass is 10.4. The first-order valence-corrected chi connectivity index (χ1v) is 4.39. The normalized spacial score (nSPS) is 10.1. The monoisotopic (exact) mass is 209 g/mol. The molecule has 2 aromatic heterocycles. The second kappa shape index (κ2) is 3.63. The van der Waals surface area contributed by atoms with Crippen LogP contribution in [0.4, 0.5) is 11.6 Å². The molecule has 0 amide bonds. The molecule has 0 aliphatic heterocycles. The molecule has 0 atom stereocenters. The molecule has 2 aromatic rings. The highest BCUT2D eigenvalue weighted by atomic mass is 35.5. The van der Waals surface area contributed by atoms with Gasteiger partial charge < -0.3 is 5.32 Å². The van der Waals surface area contributed by atoms with Crippen LogP contribution < -0.4 is 5.32 Å². The van der Waals surface area contributed by atoms with Gasteiger partial charge in [0.1, 0.15) is 5.82 Å². The van der Waals surface area contributed by atoms with E-state index in [2.05, 4.69) is 25.5 Å². The second-order valence-corrected chi connectivity index (χ2v) is 3.11. The van der Waals surface area contributed by atoms with Gasteiger partial charge in [0.15, 0.2) is 5.82 Å². The predicted molar refractivity (Wildman–Crippen MR) is 53.6 cm³/mol. The number of nitrogens with zero attached hydrogens (tertiary/aromatic N) is 3. The Kier molecular flexibility index (Phi) is 2.32. The lowest BCUT2D eigenvalue weighted by Crippen LogP contribution is -1.94. The number of aromatic nitrogens is 4. The Morgan fingerprint density at radius 3 is 2.93 bits per heavy atom. The number of hydrogen-bond donors (Lipinski definition) is 2. The van der Waals surface area contributed by atoms with E-state index in [1.54, 1.807) is 12.3 Å². The Bertz CT molecular complexity index is 439. The van der Waals surface area contributed by atoms with Crippen LogP contribution in [0.5, 0.6) is 0 Å². The molecule has 2 rings (SSSR count). The molecule has 0 unspecified atom stereocenters. The van der Waals surface area contributed by atoms with E-state index in [1.165, 1.54) is 0 Å². The van der Waals surface area contributed by atoms with Crippen LogP contribution in [-0.2, 0) is 0 Å². The van der Waals surface area contributed by atoms with Crippen molar-refractivity contribution in [3.05, 3.63) is 29.3 Å². The van der Waals surface area contributed by atoms with E-state index in [-0.39, 0.29) is 5.28 Å². The SMILES string of the molecule is Cc1cc(Nc2ccnc(Cl)n2)n[nH]1. The van der Waals surface area contributed by atoms with Gasteiger partial charge in [0.05, 0.1) is 0 Å². The number of aryl methyl sites for hydroxylation is 1. The van der Waals surface area contributed by atoms with Gasteiger partial charge in [-0.05, 0) is 24.6 Å². The number of hydrogen-bond acceptors (Lipinski definition) is 4. The van der Waals surface area contributed by atoms with Crippen molar-refractivity contribution >= 4 is 23.2 Å². The van der Waals surface area contributed by atoms with Crippen LogP contribution >= 0.6 is 11.6 Å². The molecule has 72 valence electrons. The summed E-state index contributed by atoms with van der Waals surface area (Å²) in [7, 11) is 0. The molecule has 0 saturated carbocycles. The van der Waals surface area contributed by atoms with Crippen molar-refractivity contribution in [3.8, 4) is 0 Å². The van der Waals surface area contributed by atoms with Gasteiger partial charge in [0, 0.05) is 18.0 Å². The number of H-pyrrole nitrogens is 1. The van der Waals surface area contributed by atoms with Crippen LogP contribution in [0.15, 0.2) is 18.3 Å². The molecule has 0 aromatic carbocycles. The molecule has 0 aliphatic rings. The van der Waals surface area contributed by atoms with Crippen molar-refractivity contribution in [1.82, 2.24) is 20.2 Å². The Morgan fingerprint density at radius 2 is 2.29 bits per heavy atom. The average molecular weight is 210 g/mol. The Hall–Kier alpha value is -1.62. The third-order valence-corrected chi connectivity index (χ3v) is 1.77. The van der Waals surface area contributed by atoms with Gasteiger partial charge in [-0.3, -0.25) is 5.10 Å². The third-order valence-electron chi connectivity index (χ3n) is 1.59. The Labute approximate surface area is 85.5 Å². The first-order chi connectivity index (χ1) is 6.74. The van der Waals surface area contributed by atoms with Crippen LogP contribution in [0.2, 0.25) is 5.28 Å². The summed E-state index contributed by atoms with van der Waals surface area (Å²) in [6.07, 6.45) is 1.58. The lowest BCUT2D eigenvalue weighted by molar-refractivity contribution is 1.05. The van der Waals surface area contributed by atoms with E-state index in [1.807, 2.05) is 13.0 Å². The Balaban J connectivity index is 2.18. The third kappa shape index (κ3) is 2.00. The number of rotatable bonds is 2. The molecule has 0 fully saturated rings. The summed E-state index contributed by atoms with van der Waals surface area (Å²) in [6.45, 7) is 1.92. The molecule has 5 nitrogen and oxygen atoms in total. The first-order valence-electron chi connectivity index (χ1n) is 4.01. The number of aromatic amines is 1. The minimum Gasteiger partial charge on any atom is -0.323 e. The summed E-state index contributed by atoms with van der Waals surface area (Å²) in [4.78, 5) is 7.74. The molecular weight excluding hydrogens is 202 g/mol. The zero-order chi connectivity index (χ0) is 9.97. The molecular formula is C8H8ClN5. The number of nitrogens with one attached hydrogen (secondary N) is 2. The zero-order valence-corrected chi connectivity index (χ0v) is 8.21. The fourth-order valence-electron chi connectivity index (χ4n) is 1.02. The minimum absolute atomic E-state index is 0.210. The van der Waals surface area contributed by atoms with Crippen molar-refractivity contribution < 1.29 is 0 Å². The first kappa shape index (κ1) is 8.96. The molecule has 14 heavy (non-hydrogen) atoms. The van der Waals surface area contributed by atoms with Crippen molar-refractivity contribution in [2.24, 2.45) is 0 Å². The maximum atomic E-state index is 5.63. The molecule has 0 bridgehead atoms. The van der Waals surface area contributed by atoms with Gasteiger partial charge >= 0.3 is 0 Å². The van der Waals surface area contributed by atoms with Gasteiger partial charge in [-0.25, -0.2) is 9.97 Å². The van der Waals surface area contributed by atoms with Crippen LogP contribution in [-0.4, -0.2) is 20.2 Å². The summed E-state index contributed by atoms with van der Waals surface area (Å²) >= 11 is 5.63. The summed E-state index contributed by atoms with van der Waals surface area (Å²) < 4.78 is 0. The fourth-order valence-corrected chi connectivity index (χ4v) is 1.17. The topological polar surface area (TPSA) is 66.5 Å². The fraction of sp³-hybridized carbons (Fsp3) is 0.125. The molecule has 0 spiro atoms. The molecule has 2 N–H and O–H groups in total. The van der Waals surface area contributed by atoms with Crippen LogP contribution in [0, 0.1) is 6.92 Å². The summed E-state index contributed by atoms with van der Waals surface area (Å²) in [5.74, 6) is 1.33. The van der Waals surface area contributed by atoms with Crippen molar-refractivity contribution in [3.63, 3.8) is 0 Å². The van der Waals surface area contributed by atoms with E-state index < -0.39 is 0 Å². The van der Waals surface area contributed by atoms with Crippen LogP contribution in [0.1, 0.15) is 5.69 Å². The molecule has 6 heteroatoms. The van der Waals surface area contributed by atoms with Crippen LogP contribution in [0.25, 0.3) is 0 Å². The minimum atomic E-state index is 0.210. The second-order valence-electron chi connectivity index (χ2n) is 2.77. The van der Waals surface area contributed by atoms with Gasteiger partial charge in [0.25, 0.3) is 0 Å². The van der Waals surface area contributed by atoms with Crippen molar-refractivity contribution in [2.75, 3.05) is 5.32 Å². The smallest absolute Gasteiger partial charge is 0.224 e. The van der Waals surface area contributed by atoms with Crippen molar-refractivity contribution in [1.29, 1.82) is 0 Å². The van der Waals surface area contributed by atoms with Crippen LogP contribution in [0.3, 0.4) is 0 Å². The largest absolute Gasteiger partial charge is 0.323 e. The van der Waals surface area contributed by atoms with E-state index in [9.17, 15) is 0 Å². The summed E-state index contributed by atoms with van der Waals surface area (Å²) in [5.41, 5.74) is 0.979. The molecule has 0 aliphatic carbocycles. The lowest BCUT2D eigenvalue weighted by Gasteiger charge is -1.99. The predicted octanol–water partition coefficient (Wildman–Crippen LogP) is 1.91. The van der Waals surface area contributed by atoms with Gasteiger partial charge in [-0.2, -0.15) is 5.10 Å². The van der Waals surface area contributed by atoms with Gasteiger partial charge in [-0.15, -0.1) is 0 Å². The molecule has 0 radical (unpaired) electrons. The highest BCUT2D eigenvalue weighted by molar-refractivity contribution is 6.28. The zero-order valence-electron chi connectivity index (χ0n) is 7.45. The van der Waals surface area contributed by atoms with Gasteiger partial charge in [-0.1, -0.05) is 0 Å². The summed E-state index contributed by atoms with van der Waals surface area (Å²) in [5, 5.41) is 10.0. The van der Waals surface area contributed by atoms with E-state index in [0.29, 0.717) is 11.6 Å². The van der Waals surface area contributed by atoms with Crippen molar-refractivity contribution in [2.45, 2.75) is 6.92 Å². The maximum absolute atomic E-state index is 5.63. The maximum Gasteiger partial charge on any atom is 0.224 e. The van der Waals surface area contributed by atoms with E-state index in [4.69, 9.17) is 11.6 Å².